The predicted molar refractivity (Wildman–Crippen MR) is 65.5 cm³/mol. The second kappa shape index (κ2) is 3.67. The van der Waals surface area contributed by atoms with Crippen LogP contribution in [0.1, 0.15) is 30.6 Å². The number of benzene rings is 1. The third-order valence-corrected chi connectivity index (χ3v) is 3.31. The van der Waals surface area contributed by atoms with Crippen molar-refractivity contribution < 1.29 is 4.79 Å². The van der Waals surface area contributed by atoms with E-state index in [0.717, 1.165) is 6.42 Å². The number of hydrogen-bond acceptors (Lipinski definition) is 2. The molecular weight excluding hydrogens is 224 g/mol. The van der Waals surface area contributed by atoms with Crippen LogP contribution in [0.5, 0.6) is 0 Å². The van der Waals surface area contributed by atoms with Gasteiger partial charge in [-0.05, 0) is 30.0 Å². The number of nitrogens with one attached hydrogen (secondary N) is 1. The molecule has 2 rings (SSSR count). The van der Waals surface area contributed by atoms with E-state index in [9.17, 15) is 4.79 Å². The lowest BCUT2D eigenvalue weighted by atomic mass is 10.1. The molecule has 1 aromatic rings. The summed E-state index contributed by atoms with van der Waals surface area (Å²) in [6, 6.07) is 5.17. The van der Waals surface area contributed by atoms with E-state index >= 15 is 0 Å². The molecule has 0 radical (unpaired) electrons. The Labute approximate surface area is 100.0 Å². The van der Waals surface area contributed by atoms with Gasteiger partial charge in [0.25, 0.3) is 5.91 Å². The average molecular weight is 239 g/mol. The Morgan fingerprint density at radius 1 is 1.56 bits per heavy atom. The number of carbonyl (C=O) groups excluding carboxylic acids is 1. The van der Waals surface area contributed by atoms with Crippen molar-refractivity contribution >= 4 is 23.2 Å². The van der Waals surface area contributed by atoms with Crippen molar-refractivity contribution in [2.24, 2.45) is 5.41 Å². The van der Waals surface area contributed by atoms with Gasteiger partial charge in [0.2, 0.25) is 0 Å². The van der Waals surface area contributed by atoms with E-state index in [1.54, 1.807) is 18.2 Å². The first-order chi connectivity index (χ1) is 7.40. The molecule has 1 aromatic carbocycles. The van der Waals surface area contributed by atoms with E-state index < -0.39 is 0 Å². The number of halogens is 1. The molecule has 4 heteroatoms. The molecule has 0 spiro atoms. The molecule has 1 saturated carbocycles. The van der Waals surface area contributed by atoms with Gasteiger partial charge in [-0.15, -0.1) is 0 Å². The van der Waals surface area contributed by atoms with E-state index in [1.165, 1.54) is 0 Å². The molecule has 3 N–H and O–H groups in total. The second-order valence-corrected chi connectivity index (χ2v) is 5.39. The molecule has 0 saturated heterocycles. The molecule has 1 amide bonds. The van der Waals surface area contributed by atoms with Crippen LogP contribution in [-0.4, -0.2) is 11.9 Å². The number of anilines is 1. The van der Waals surface area contributed by atoms with Gasteiger partial charge in [0.15, 0.2) is 0 Å². The van der Waals surface area contributed by atoms with E-state index in [2.05, 4.69) is 19.2 Å². The van der Waals surface area contributed by atoms with E-state index in [4.69, 9.17) is 17.3 Å². The van der Waals surface area contributed by atoms with Crippen LogP contribution in [0.2, 0.25) is 5.02 Å². The normalized spacial score (nSPS) is 21.6. The molecule has 16 heavy (non-hydrogen) atoms. The molecule has 1 aliphatic rings. The summed E-state index contributed by atoms with van der Waals surface area (Å²) in [4.78, 5) is 11.9. The lowest BCUT2D eigenvalue weighted by molar-refractivity contribution is 0.0947. The lowest BCUT2D eigenvalue weighted by Crippen LogP contribution is -2.29. The van der Waals surface area contributed by atoms with Crippen molar-refractivity contribution in [3.63, 3.8) is 0 Å². The maximum Gasteiger partial charge on any atom is 0.253 e. The lowest BCUT2D eigenvalue weighted by Gasteiger charge is -2.09. The minimum absolute atomic E-state index is 0.143. The van der Waals surface area contributed by atoms with Gasteiger partial charge in [-0.3, -0.25) is 4.79 Å². The first kappa shape index (κ1) is 11.3. The molecular formula is C12H15ClN2O. The number of rotatable bonds is 2. The first-order valence-corrected chi connectivity index (χ1v) is 5.64. The Hall–Kier alpha value is -1.22. The fourth-order valence-corrected chi connectivity index (χ4v) is 1.85. The van der Waals surface area contributed by atoms with Crippen molar-refractivity contribution in [2.45, 2.75) is 26.3 Å². The third-order valence-electron chi connectivity index (χ3n) is 3.08. The summed E-state index contributed by atoms with van der Waals surface area (Å²) in [7, 11) is 0. The average Bonchev–Trinajstić information content (AvgIpc) is 2.77. The predicted octanol–water partition coefficient (Wildman–Crippen LogP) is 2.45. The number of amides is 1. The molecule has 1 atom stereocenters. The fourth-order valence-electron chi connectivity index (χ4n) is 1.67. The second-order valence-electron chi connectivity index (χ2n) is 4.95. The first-order valence-electron chi connectivity index (χ1n) is 5.26. The van der Waals surface area contributed by atoms with Crippen LogP contribution in [-0.2, 0) is 0 Å². The van der Waals surface area contributed by atoms with Crippen LogP contribution in [0.15, 0.2) is 18.2 Å². The van der Waals surface area contributed by atoms with Gasteiger partial charge in [-0.1, -0.05) is 25.4 Å². The highest BCUT2D eigenvalue weighted by Crippen LogP contribution is 2.44. The summed E-state index contributed by atoms with van der Waals surface area (Å²) >= 11 is 5.83. The molecule has 1 unspecified atom stereocenters. The SMILES string of the molecule is CC1(C)CC1NC(=O)c1cc(Cl)ccc1N. The molecule has 1 aliphatic carbocycles. The number of hydrogen-bond donors (Lipinski definition) is 2. The summed E-state index contributed by atoms with van der Waals surface area (Å²) in [5, 5.41) is 3.47. The van der Waals surface area contributed by atoms with Crippen molar-refractivity contribution in [1.29, 1.82) is 0 Å². The van der Waals surface area contributed by atoms with Gasteiger partial charge in [0.1, 0.15) is 0 Å². The summed E-state index contributed by atoms with van der Waals surface area (Å²) in [6.07, 6.45) is 1.01. The highest BCUT2D eigenvalue weighted by molar-refractivity contribution is 6.31. The smallest absolute Gasteiger partial charge is 0.253 e. The Morgan fingerprint density at radius 3 is 2.75 bits per heavy atom. The molecule has 3 nitrogen and oxygen atoms in total. The topological polar surface area (TPSA) is 55.1 Å². The van der Waals surface area contributed by atoms with E-state index in [0.29, 0.717) is 16.3 Å². The quantitative estimate of drug-likeness (QED) is 0.778. The van der Waals surface area contributed by atoms with Crippen LogP contribution < -0.4 is 11.1 Å². The van der Waals surface area contributed by atoms with Crippen molar-refractivity contribution in [3.8, 4) is 0 Å². The highest BCUT2D eigenvalue weighted by atomic mass is 35.5. The fraction of sp³-hybridized carbons (Fsp3) is 0.417. The summed E-state index contributed by atoms with van der Waals surface area (Å²) in [5.74, 6) is -0.143. The van der Waals surface area contributed by atoms with Crippen molar-refractivity contribution in [2.75, 3.05) is 5.73 Å². The molecule has 0 aromatic heterocycles. The van der Waals surface area contributed by atoms with Gasteiger partial charge in [0.05, 0.1) is 5.56 Å². The number of nitrogen functional groups attached to an aromatic ring is 1. The van der Waals surface area contributed by atoms with Gasteiger partial charge < -0.3 is 11.1 Å². The Kier molecular flexibility index (Phi) is 2.58. The Morgan fingerprint density at radius 2 is 2.19 bits per heavy atom. The van der Waals surface area contributed by atoms with Crippen molar-refractivity contribution in [3.05, 3.63) is 28.8 Å². The van der Waals surface area contributed by atoms with Gasteiger partial charge in [0, 0.05) is 16.8 Å². The van der Waals surface area contributed by atoms with Crippen molar-refractivity contribution in [1.82, 2.24) is 5.32 Å². The molecule has 0 heterocycles. The van der Waals surface area contributed by atoms with Crippen LogP contribution in [0, 0.1) is 5.41 Å². The van der Waals surface area contributed by atoms with Crippen LogP contribution >= 0.6 is 11.6 Å². The molecule has 86 valence electrons. The van der Waals surface area contributed by atoms with E-state index in [1.807, 2.05) is 0 Å². The zero-order valence-electron chi connectivity index (χ0n) is 9.38. The summed E-state index contributed by atoms with van der Waals surface area (Å²) in [5.41, 5.74) is 6.86. The Bertz CT molecular complexity index is 443. The standard InChI is InChI=1S/C12H15ClN2O/c1-12(2)6-10(12)15-11(16)8-5-7(13)3-4-9(8)14/h3-5,10H,6,14H2,1-2H3,(H,15,16). The maximum atomic E-state index is 11.9. The monoisotopic (exact) mass is 238 g/mol. The molecule has 1 fully saturated rings. The molecule has 0 bridgehead atoms. The van der Waals surface area contributed by atoms with E-state index in [-0.39, 0.29) is 17.4 Å². The zero-order chi connectivity index (χ0) is 11.9. The third kappa shape index (κ3) is 2.14. The highest BCUT2D eigenvalue weighted by Gasteiger charge is 2.46. The molecule has 0 aliphatic heterocycles. The van der Waals surface area contributed by atoms with Crippen LogP contribution in [0.25, 0.3) is 0 Å². The van der Waals surface area contributed by atoms with Gasteiger partial charge in [-0.25, -0.2) is 0 Å². The minimum Gasteiger partial charge on any atom is -0.398 e. The van der Waals surface area contributed by atoms with Gasteiger partial charge >= 0.3 is 0 Å². The maximum absolute atomic E-state index is 11.9. The van der Waals surface area contributed by atoms with Gasteiger partial charge in [-0.2, -0.15) is 0 Å². The summed E-state index contributed by atoms with van der Waals surface area (Å²) < 4.78 is 0. The summed E-state index contributed by atoms with van der Waals surface area (Å²) in [6.45, 7) is 4.25. The zero-order valence-corrected chi connectivity index (χ0v) is 10.1. The number of nitrogens with two attached hydrogens (primary N) is 1. The number of carbonyl (C=O) groups is 1. The minimum atomic E-state index is -0.143. The Balaban J connectivity index is 2.12. The van der Waals surface area contributed by atoms with Crippen LogP contribution in [0.3, 0.4) is 0 Å². The van der Waals surface area contributed by atoms with Crippen LogP contribution in [0.4, 0.5) is 5.69 Å². The largest absolute Gasteiger partial charge is 0.398 e.